The van der Waals surface area contributed by atoms with E-state index in [9.17, 15) is 24.1 Å². The maximum absolute atomic E-state index is 13.1. The van der Waals surface area contributed by atoms with Crippen LogP contribution in [0.1, 0.15) is 16.7 Å². The minimum Gasteiger partial charge on any atom is -0.493 e. The van der Waals surface area contributed by atoms with Crippen LogP contribution in [-0.2, 0) is 17.9 Å². The SMILES string of the molecule is COc1cc(/C=C2/SC(=O)N(Cc3cccc([N+](=O)[O-])c3)C2=O)cc(Cl)c1OCc1ccc(F)cc1. The van der Waals surface area contributed by atoms with Crippen LogP contribution in [0.15, 0.2) is 65.6 Å². The summed E-state index contributed by atoms with van der Waals surface area (Å²) in [6.07, 6.45) is 1.51. The van der Waals surface area contributed by atoms with Crippen LogP contribution in [0.25, 0.3) is 6.08 Å². The Hall–Kier alpha value is -3.89. The van der Waals surface area contributed by atoms with Gasteiger partial charge in [0.15, 0.2) is 11.5 Å². The van der Waals surface area contributed by atoms with Gasteiger partial charge >= 0.3 is 0 Å². The van der Waals surface area contributed by atoms with Crippen molar-refractivity contribution in [2.45, 2.75) is 13.2 Å². The quantitative estimate of drug-likeness (QED) is 0.195. The number of nitro groups is 1. The Bertz CT molecular complexity index is 1380. The summed E-state index contributed by atoms with van der Waals surface area (Å²) < 4.78 is 24.3. The van der Waals surface area contributed by atoms with Gasteiger partial charge in [0.05, 0.1) is 28.5 Å². The number of rotatable bonds is 8. The van der Waals surface area contributed by atoms with Crippen molar-refractivity contribution in [3.05, 3.63) is 103 Å². The largest absolute Gasteiger partial charge is 0.493 e. The molecule has 3 aromatic carbocycles. The topological polar surface area (TPSA) is 99.0 Å². The molecular weight excluding hydrogens is 511 g/mol. The van der Waals surface area contributed by atoms with Gasteiger partial charge in [-0.2, -0.15) is 0 Å². The van der Waals surface area contributed by atoms with Crippen LogP contribution in [0.2, 0.25) is 5.02 Å². The second-order valence-corrected chi connectivity index (χ2v) is 9.04. The van der Waals surface area contributed by atoms with Crippen LogP contribution in [-0.4, -0.2) is 28.1 Å². The van der Waals surface area contributed by atoms with Gasteiger partial charge in [-0.25, -0.2) is 4.39 Å². The summed E-state index contributed by atoms with van der Waals surface area (Å²) >= 11 is 7.17. The highest BCUT2D eigenvalue weighted by atomic mass is 35.5. The average molecular weight is 529 g/mol. The van der Waals surface area contributed by atoms with Crippen molar-refractivity contribution in [2.24, 2.45) is 0 Å². The van der Waals surface area contributed by atoms with Crippen LogP contribution in [0.4, 0.5) is 14.9 Å². The highest BCUT2D eigenvalue weighted by Gasteiger charge is 2.35. The molecule has 0 N–H and O–H groups in total. The summed E-state index contributed by atoms with van der Waals surface area (Å²) in [4.78, 5) is 37.0. The summed E-state index contributed by atoms with van der Waals surface area (Å²) in [7, 11) is 1.44. The van der Waals surface area contributed by atoms with Crippen molar-refractivity contribution in [1.82, 2.24) is 4.90 Å². The molecule has 36 heavy (non-hydrogen) atoms. The van der Waals surface area contributed by atoms with E-state index in [0.29, 0.717) is 16.9 Å². The molecule has 4 rings (SSSR count). The van der Waals surface area contributed by atoms with E-state index >= 15 is 0 Å². The lowest BCUT2D eigenvalue weighted by Gasteiger charge is -2.14. The number of nitrogens with zero attached hydrogens (tertiary/aromatic N) is 2. The number of amides is 2. The maximum Gasteiger partial charge on any atom is 0.293 e. The predicted octanol–water partition coefficient (Wildman–Crippen LogP) is 6.21. The van der Waals surface area contributed by atoms with Crippen molar-refractivity contribution in [3.63, 3.8) is 0 Å². The number of benzene rings is 3. The Morgan fingerprint density at radius 2 is 1.86 bits per heavy atom. The molecule has 2 amide bonds. The lowest BCUT2D eigenvalue weighted by molar-refractivity contribution is -0.384. The molecule has 0 saturated carbocycles. The number of halogens is 2. The van der Waals surface area contributed by atoms with Gasteiger partial charge in [0.1, 0.15) is 12.4 Å². The van der Waals surface area contributed by atoms with Crippen molar-refractivity contribution in [2.75, 3.05) is 7.11 Å². The van der Waals surface area contributed by atoms with E-state index in [1.807, 2.05) is 0 Å². The molecule has 0 aromatic heterocycles. The first-order chi connectivity index (χ1) is 17.2. The van der Waals surface area contributed by atoms with Gasteiger partial charge in [0.25, 0.3) is 16.8 Å². The minimum absolute atomic E-state index is 0.0933. The third-order valence-corrected chi connectivity index (χ3v) is 6.37. The van der Waals surface area contributed by atoms with Crippen LogP contribution >= 0.6 is 23.4 Å². The van der Waals surface area contributed by atoms with E-state index < -0.39 is 16.1 Å². The summed E-state index contributed by atoms with van der Waals surface area (Å²) in [5, 5.41) is 10.7. The van der Waals surface area contributed by atoms with E-state index in [2.05, 4.69) is 0 Å². The number of non-ortho nitro benzene ring substituents is 1. The number of ether oxygens (including phenoxy) is 2. The molecule has 1 aliphatic rings. The van der Waals surface area contributed by atoms with Crippen LogP contribution in [0.3, 0.4) is 0 Å². The normalized spacial score (nSPS) is 14.4. The van der Waals surface area contributed by atoms with Gasteiger partial charge in [0.2, 0.25) is 0 Å². The number of imide groups is 1. The van der Waals surface area contributed by atoms with E-state index in [4.69, 9.17) is 21.1 Å². The third-order valence-electron chi connectivity index (χ3n) is 5.18. The van der Waals surface area contributed by atoms with E-state index in [0.717, 1.165) is 22.2 Å². The molecule has 0 aliphatic carbocycles. The number of thioether (sulfide) groups is 1. The van der Waals surface area contributed by atoms with E-state index in [1.54, 1.807) is 30.3 Å². The van der Waals surface area contributed by atoms with Gasteiger partial charge in [-0.05, 0) is 58.8 Å². The summed E-state index contributed by atoms with van der Waals surface area (Å²) in [6, 6.07) is 14.8. The lowest BCUT2D eigenvalue weighted by atomic mass is 10.1. The molecule has 1 fully saturated rings. The van der Waals surface area contributed by atoms with Crippen molar-refractivity contribution < 1.29 is 28.4 Å². The second kappa shape index (κ2) is 10.8. The molecule has 1 saturated heterocycles. The lowest BCUT2D eigenvalue weighted by Crippen LogP contribution is -2.27. The smallest absolute Gasteiger partial charge is 0.293 e. The number of carbonyl (C=O) groups excluding carboxylic acids is 2. The number of hydrogen-bond donors (Lipinski definition) is 0. The number of methoxy groups -OCH3 is 1. The van der Waals surface area contributed by atoms with Crippen molar-refractivity contribution in [1.29, 1.82) is 0 Å². The van der Waals surface area contributed by atoms with Gasteiger partial charge in [-0.15, -0.1) is 0 Å². The van der Waals surface area contributed by atoms with Crippen LogP contribution in [0.5, 0.6) is 11.5 Å². The first-order valence-electron chi connectivity index (χ1n) is 10.5. The number of hydrogen-bond acceptors (Lipinski definition) is 7. The molecular formula is C25H18ClFN2O6S. The fraction of sp³-hybridized carbons (Fsp3) is 0.120. The summed E-state index contributed by atoms with van der Waals surface area (Å²) in [5.74, 6) is -0.289. The molecule has 0 spiro atoms. The Morgan fingerprint density at radius 3 is 2.56 bits per heavy atom. The molecule has 184 valence electrons. The Balaban J connectivity index is 1.52. The van der Waals surface area contributed by atoms with E-state index in [1.165, 1.54) is 43.5 Å². The molecule has 0 atom stereocenters. The zero-order chi connectivity index (χ0) is 25.8. The number of nitro benzene ring substituents is 1. The highest BCUT2D eigenvalue weighted by Crippen LogP contribution is 2.39. The predicted molar refractivity (Wildman–Crippen MR) is 133 cm³/mol. The zero-order valence-corrected chi connectivity index (χ0v) is 20.3. The standard InChI is InChI=1S/C25H18ClFN2O6S/c1-34-21-11-17(10-20(26)23(21)35-14-15-5-7-18(27)8-6-15)12-22-24(30)28(25(31)36-22)13-16-3-2-4-19(9-16)29(32)33/h2-12H,13-14H2,1H3/b22-12+. The second-order valence-electron chi connectivity index (χ2n) is 7.64. The van der Waals surface area contributed by atoms with Gasteiger partial charge in [-0.3, -0.25) is 24.6 Å². The molecule has 0 radical (unpaired) electrons. The minimum atomic E-state index is -0.540. The molecule has 8 nitrogen and oxygen atoms in total. The fourth-order valence-corrected chi connectivity index (χ4v) is 4.55. The Kier molecular flexibility index (Phi) is 7.56. The van der Waals surface area contributed by atoms with Crippen molar-refractivity contribution in [3.8, 4) is 11.5 Å². The number of carbonyl (C=O) groups is 2. The maximum atomic E-state index is 13.1. The van der Waals surface area contributed by atoms with Crippen LogP contribution in [0, 0.1) is 15.9 Å². The molecule has 11 heteroatoms. The monoisotopic (exact) mass is 528 g/mol. The third kappa shape index (κ3) is 5.67. The highest BCUT2D eigenvalue weighted by molar-refractivity contribution is 8.18. The van der Waals surface area contributed by atoms with Gasteiger partial charge in [-0.1, -0.05) is 35.9 Å². The molecule has 0 bridgehead atoms. The summed E-state index contributed by atoms with van der Waals surface area (Å²) in [6.45, 7) is 0.0379. The molecule has 1 heterocycles. The fourth-order valence-electron chi connectivity index (χ4n) is 3.44. The average Bonchev–Trinajstić information content (AvgIpc) is 3.11. The first-order valence-corrected chi connectivity index (χ1v) is 11.7. The zero-order valence-electron chi connectivity index (χ0n) is 18.8. The molecule has 1 aliphatic heterocycles. The molecule has 3 aromatic rings. The Morgan fingerprint density at radius 1 is 1.11 bits per heavy atom. The Labute approximate surface area is 214 Å². The first kappa shape index (κ1) is 25.2. The van der Waals surface area contributed by atoms with Crippen molar-refractivity contribution >= 4 is 46.3 Å². The van der Waals surface area contributed by atoms with Gasteiger partial charge < -0.3 is 9.47 Å². The summed E-state index contributed by atoms with van der Waals surface area (Å²) in [5.41, 5.74) is 1.57. The van der Waals surface area contributed by atoms with Gasteiger partial charge in [0, 0.05) is 12.1 Å². The van der Waals surface area contributed by atoms with E-state index in [-0.39, 0.29) is 40.3 Å². The molecule has 0 unspecified atom stereocenters. The van der Waals surface area contributed by atoms with Crippen LogP contribution < -0.4 is 9.47 Å².